The number of aliphatic carboxylic acids is 1. The van der Waals surface area contributed by atoms with E-state index in [0.717, 1.165) is 11.1 Å². The molecule has 0 aliphatic heterocycles. The number of nitrogens with zero attached hydrogens (tertiary/aromatic N) is 2. The van der Waals surface area contributed by atoms with Crippen molar-refractivity contribution in [3.63, 3.8) is 0 Å². The largest absolute Gasteiger partial charge is 0.479 e. The third-order valence-corrected chi connectivity index (χ3v) is 2.39. The van der Waals surface area contributed by atoms with E-state index in [2.05, 4.69) is 9.97 Å². The summed E-state index contributed by atoms with van der Waals surface area (Å²) in [7, 11) is 0. The Morgan fingerprint density at radius 1 is 1.28 bits per heavy atom. The van der Waals surface area contributed by atoms with Crippen LogP contribution in [-0.4, -0.2) is 27.1 Å². The van der Waals surface area contributed by atoms with Gasteiger partial charge in [0.15, 0.2) is 6.10 Å². The summed E-state index contributed by atoms with van der Waals surface area (Å²) < 4.78 is 5.30. The molecule has 1 N–H and O–H groups in total. The van der Waals surface area contributed by atoms with E-state index in [9.17, 15) is 4.79 Å². The maximum atomic E-state index is 10.7. The number of rotatable bonds is 4. The molecule has 0 saturated heterocycles. The van der Waals surface area contributed by atoms with Crippen LogP contribution in [0.15, 0.2) is 43.0 Å². The Hall–Kier alpha value is -2.43. The molecular weight excluding hydrogens is 232 g/mol. The molecule has 5 heteroatoms. The minimum Gasteiger partial charge on any atom is -0.479 e. The van der Waals surface area contributed by atoms with Crippen molar-refractivity contribution in [2.75, 3.05) is 0 Å². The predicted molar refractivity (Wildman–Crippen MR) is 65.2 cm³/mol. The first-order chi connectivity index (χ1) is 8.66. The Bertz CT molecular complexity index is 543. The number of carbonyl (C=O) groups is 1. The van der Waals surface area contributed by atoms with Gasteiger partial charge in [0.1, 0.15) is 12.1 Å². The zero-order chi connectivity index (χ0) is 13.0. The molecule has 2 rings (SSSR count). The number of ether oxygens (including phenoxy) is 1. The van der Waals surface area contributed by atoms with E-state index >= 15 is 0 Å². The lowest BCUT2D eigenvalue weighted by atomic mass is 10.1. The van der Waals surface area contributed by atoms with E-state index in [0.29, 0.717) is 5.75 Å². The van der Waals surface area contributed by atoms with Crippen molar-refractivity contribution < 1.29 is 14.6 Å². The van der Waals surface area contributed by atoms with Crippen LogP contribution >= 0.6 is 0 Å². The van der Waals surface area contributed by atoms with Gasteiger partial charge in [-0.15, -0.1) is 0 Å². The lowest BCUT2D eigenvalue weighted by molar-refractivity contribution is -0.144. The van der Waals surface area contributed by atoms with E-state index in [1.54, 1.807) is 30.6 Å². The van der Waals surface area contributed by atoms with Crippen molar-refractivity contribution in [1.29, 1.82) is 0 Å². The highest BCUT2D eigenvalue weighted by molar-refractivity contribution is 5.72. The predicted octanol–water partition coefficient (Wildman–Crippen LogP) is 2.00. The van der Waals surface area contributed by atoms with Crippen LogP contribution in [0.1, 0.15) is 6.92 Å². The average Bonchev–Trinajstić information content (AvgIpc) is 2.40. The smallest absolute Gasteiger partial charge is 0.344 e. The molecule has 0 radical (unpaired) electrons. The standard InChI is InChI=1S/C13H12N2O3/c1-9(13(16)17)18-12-4-2-3-10(5-12)11-6-14-8-15-7-11/h2-9H,1H3,(H,16,17)/t9-/m1/s1. The first-order valence-electron chi connectivity index (χ1n) is 5.42. The zero-order valence-corrected chi connectivity index (χ0v) is 9.78. The molecule has 2 aromatic rings. The Morgan fingerprint density at radius 3 is 2.67 bits per heavy atom. The number of benzene rings is 1. The molecule has 1 aromatic heterocycles. The highest BCUT2D eigenvalue weighted by Gasteiger charge is 2.12. The Kier molecular flexibility index (Phi) is 3.52. The van der Waals surface area contributed by atoms with Crippen molar-refractivity contribution in [2.45, 2.75) is 13.0 Å². The van der Waals surface area contributed by atoms with E-state index in [-0.39, 0.29) is 0 Å². The van der Waals surface area contributed by atoms with Crippen LogP contribution in [0.2, 0.25) is 0 Å². The number of carboxylic acid groups (broad SMARTS) is 1. The second-order valence-corrected chi connectivity index (χ2v) is 3.75. The molecular formula is C13H12N2O3. The molecule has 1 atom stereocenters. The van der Waals surface area contributed by atoms with E-state index in [1.165, 1.54) is 13.3 Å². The fourth-order valence-corrected chi connectivity index (χ4v) is 1.45. The molecule has 0 amide bonds. The summed E-state index contributed by atoms with van der Waals surface area (Å²) in [4.78, 5) is 18.6. The summed E-state index contributed by atoms with van der Waals surface area (Å²) in [5.74, 6) is -0.491. The summed E-state index contributed by atoms with van der Waals surface area (Å²) >= 11 is 0. The molecule has 92 valence electrons. The number of hydrogen-bond donors (Lipinski definition) is 1. The maximum Gasteiger partial charge on any atom is 0.344 e. The molecule has 5 nitrogen and oxygen atoms in total. The van der Waals surface area contributed by atoms with E-state index in [1.807, 2.05) is 6.07 Å². The molecule has 0 unspecified atom stereocenters. The molecule has 0 aliphatic rings. The average molecular weight is 244 g/mol. The number of aromatic nitrogens is 2. The maximum absolute atomic E-state index is 10.7. The number of hydrogen-bond acceptors (Lipinski definition) is 4. The summed E-state index contributed by atoms with van der Waals surface area (Å²) in [5.41, 5.74) is 1.73. The Labute approximate surface area is 104 Å². The van der Waals surface area contributed by atoms with Crippen molar-refractivity contribution in [2.24, 2.45) is 0 Å². The van der Waals surface area contributed by atoms with Gasteiger partial charge in [-0.3, -0.25) is 0 Å². The van der Waals surface area contributed by atoms with Gasteiger partial charge in [0.2, 0.25) is 0 Å². The Balaban J connectivity index is 2.23. The van der Waals surface area contributed by atoms with Crippen LogP contribution in [0, 0.1) is 0 Å². The molecule has 0 spiro atoms. The van der Waals surface area contributed by atoms with Crippen molar-refractivity contribution in [1.82, 2.24) is 9.97 Å². The lowest BCUT2D eigenvalue weighted by Crippen LogP contribution is -2.22. The van der Waals surface area contributed by atoms with Crippen molar-refractivity contribution in [3.8, 4) is 16.9 Å². The minimum absolute atomic E-state index is 0.506. The van der Waals surface area contributed by atoms with Gasteiger partial charge in [0.25, 0.3) is 0 Å². The topological polar surface area (TPSA) is 72.3 Å². The SMILES string of the molecule is C[C@@H](Oc1cccc(-c2cncnc2)c1)C(=O)O. The van der Waals surface area contributed by atoms with Gasteiger partial charge in [-0.05, 0) is 24.6 Å². The van der Waals surface area contributed by atoms with Crippen LogP contribution < -0.4 is 4.74 Å². The first-order valence-corrected chi connectivity index (χ1v) is 5.42. The first kappa shape index (κ1) is 12.0. The van der Waals surface area contributed by atoms with Gasteiger partial charge in [0, 0.05) is 18.0 Å². The third kappa shape index (κ3) is 2.82. The van der Waals surface area contributed by atoms with Crippen LogP contribution in [0.5, 0.6) is 5.75 Å². The quantitative estimate of drug-likeness (QED) is 0.890. The zero-order valence-electron chi connectivity index (χ0n) is 9.78. The van der Waals surface area contributed by atoms with Crippen LogP contribution in [0.4, 0.5) is 0 Å². The fourth-order valence-electron chi connectivity index (χ4n) is 1.45. The van der Waals surface area contributed by atoms with Crippen LogP contribution in [0.25, 0.3) is 11.1 Å². The molecule has 0 bridgehead atoms. The fraction of sp³-hybridized carbons (Fsp3) is 0.154. The summed E-state index contributed by atoms with van der Waals surface area (Å²) in [6.07, 6.45) is 3.95. The molecule has 0 saturated carbocycles. The molecule has 1 aromatic carbocycles. The summed E-state index contributed by atoms with van der Waals surface area (Å²) in [6, 6.07) is 7.16. The van der Waals surface area contributed by atoms with E-state index < -0.39 is 12.1 Å². The molecule has 0 fully saturated rings. The van der Waals surface area contributed by atoms with Gasteiger partial charge >= 0.3 is 5.97 Å². The second-order valence-electron chi connectivity index (χ2n) is 3.75. The molecule has 0 aliphatic carbocycles. The van der Waals surface area contributed by atoms with Gasteiger partial charge in [-0.25, -0.2) is 14.8 Å². The van der Waals surface area contributed by atoms with Crippen molar-refractivity contribution >= 4 is 5.97 Å². The highest BCUT2D eigenvalue weighted by atomic mass is 16.5. The third-order valence-electron chi connectivity index (χ3n) is 2.39. The normalized spacial score (nSPS) is 11.8. The van der Waals surface area contributed by atoms with E-state index in [4.69, 9.17) is 9.84 Å². The van der Waals surface area contributed by atoms with Gasteiger partial charge in [-0.2, -0.15) is 0 Å². The monoisotopic (exact) mass is 244 g/mol. The van der Waals surface area contributed by atoms with Crippen LogP contribution in [0.3, 0.4) is 0 Å². The van der Waals surface area contributed by atoms with Crippen molar-refractivity contribution in [3.05, 3.63) is 43.0 Å². The van der Waals surface area contributed by atoms with Gasteiger partial charge in [0.05, 0.1) is 0 Å². The highest BCUT2D eigenvalue weighted by Crippen LogP contribution is 2.23. The summed E-state index contributed by atoms with van der Waals surface area (Å²) in [5, 5.41) is 8.78. The lowest BCUT2D eigenvalue weighted by Gasteiger charge is -2.11. The Morgan fingerprint density at radius 2 is 2.00 bits per heavy atom. The van der Waals surface area contributed by atoms with Crippen LogP contribution in [-0.2, 0) is 4.79 Å². The summed E-state index contributed by atoms with van der Waals surface area (Å²) in [6.45, 7) is 1.49. The van der Waals surface area contributed by atoms with Gasteiger partial charge < -0.3 is 9.84 Å². The minimum atomic E-state index is -0.997. The molecule has 18 heavy (non-hydrogen) atoms. The second kappa shape index (κ2) is 5.27. The molecule has 1 heterocycles. The van der Waals surface area contributed by atoms with Gasteiger partial charge in [-0.1, -0.05) is 12.1 Å². The number of carboxylic acids is 1.